The summed E-state index contributed by atoms with van der Waals surface area (Å²) in [6.45, 7) is 1.58. The van der Waals surface area contributed by atoms with E-state index in [0.717, 1.165) is 35.4 Å². The summed E-state index contributed by atoms with van der Waals surface area (Å²) < 4.78 is 0. The van der Waals surface area contributed by atoms with Gasteiger partial charge in [-0.2, -0.15) is 0 Å². The highest BCUT2D eigenvalue weighted by molar-refractivity contribution is 7.99. The van der Waals surface area contributed by atoms with Gasteiger partial charge in [0.25, 0.3) is 0 Å². The van der Waals surface area contributed by atoms with Crippen molar-refractivity contribution in [3.8, 4) is 0 Å². The zero-order valence-electron chi connectivity index (χ0n) is 12.6. The SMILES string of the molecule is O=C(CSc1ccc2ccccc2n1)N1CCc2sccc2C1. The van der Waals surface area contributed by atoms with Crippen LogP contribution in [0.2, 0.25) is 0 Å². The summed E-state index contributed by atoms with van der Waals surface area (Å²) in [5, 5.41) is 4.15. The van der Waals surface area contributed by atoms with Gasteiger partial charge < -0.3 is 4.90 Å². The van der Waals surface area contributed by atoms with E-state index in [0.29, 0.717) is 5.75 Å². The smallest absolute Gasteiger partial charge is 0.233 e. The van der Waals surface area contributed by atoms with Gasteiger partial charge in [-0.05, 0) is 35.6 Å². The Morgan fingerprint density at radius 3 is 3.09 bits per heavy atom. The van der Waals surface area contributed by atoms with E-state index in [9.17, 15) is 4.79 Å². The molecule has 0 radical (unpaired) electrons. The fraction of sp³-hybridized carbons (Fsp3) is 0.222. The second-order valence-electron chi connectivity index (χ2n) is 5.57. The van der Waals surface area contributed by atoms with Gasteiger partial charge in [-0.1, -0.05) is 36.0 Å². The largest absolute Gasteiger partial charge is 0.337 e. The number of fused-ring (bicyclic) bond motifs is 2. The van der Waals surface area contributed by atoms with Gasteiger partial charge in [-0.15, -0.1) is 11.3 Å². The van der Waals surface area contributed by atoms with Crippen LogP contribution in [0.15, 0.2) is 52.9 Å². The Balaban J connectivity index is 1.41. The van der Waals surface area contributed by atoms with Crippen molar-refractivity contribution in [2.24, 2.45) is 0 Å². The van der Waals surface area contributed by atoms with E-state index in [4.69, 9.17) is 0 Å². The van der Waals surface area contributed by atoms with Crippen molar-refractivity contribution >= 4 is 39.9 Å². The highest BCUT2D eigenvalue weighted by atomic mass is 32.2. The second kappa shape index (κ2) is 6.34. The molecule has 2 aromatic heterocycles. The fourth-order valence-corrected chi connectivity index (χ4v) is 4.49. The maximum absolute atomic E-state index is 12.4. The molecule has 0 saturated carbocycles. The summed E-state index contributed by atoms with van der Waals surface area (Å²) in [7, 11) is 0. The standard InChI is InChI=1S/C18H16N2OS2/c21-18(20-9-7-16-14(11-20)8-10-22-16)12-23-17-6-5-13-3-1-2-4-15(13)19-17/h1-6,8,10H,7,9,11-12H2. The molecule has 3 aromatic rings. The van der Waals surface area contributed by atoms with Gasteiger partial charge in [0.15, 0.2) is 0 Å². The molecule has 0 N–H and O–H groups in total. The number of rotatable bonds is 3. The van der Waals surface area contributed by atoms with Gasteiger partial charge in [0, 0.05) is 23.4 Å². The topological polar surface area (TPSA) is 33.2 Å². The Bertz CT molecular complexity index is 859. The van der Waals surface area contributed by atoms with E-state index in [1.54, 1.807) is 11.3 Å². The number of hydrogen-bond donors (Lipinski definition) is 0. The molecule has 0 unspecified atom stereocenters. The number of carbonyl (C=O) groups is 1. The Labute approximate surface area is 143 Å². The maximum Gasteiger partial charge on any atom is 0.233 e. The lowest BCUT2D eigenvalue weighted by molar-refractivity contribution is -0.129. The molecule has 3 nitrogen and oxygen atoms in total. The predicted octanol–water partition coefficient (Wildman–Crippen LogP) is 3.97. The molecule has 0 saturated heterocycles. The van der Waals surface area contributed by atoms with Crippen LogP contribution in [0.1, 0.15) is 10.4 Å². The average Bonchev–Trinajstić information content (AvgIpc) is 3.07. The Hall–Kier alpha value is -1.85. The van der Waals surface area contributed by atoms with Crippen LogP contribution in [-0.4, -0.2) is 28.1 Å². The number of thioether (sulfide) groups is 1. The van der Waals surface area contributed by atoms with Crippen LogP contribution in [0.25, 0.3) is 10.9 Å². The van der Waals surface area contributed by atoms with Gasteiger partial charge >= 0.3 is 0 Å². The minimum absolute atomic E-state index is 0.196. The molecule has 0 fully saturated rings. The van der Waals surface area contributed by atoms with Crippen molar-refractivity contribution in [2.45, 2.75) is 18.0 Å². The number of carbonyl (C=O) groups excluding carboxylic acids is 1. The lowest BCUT2D eigenvalue weighted by Gasteiger charge is -2.26. The van der Waals surface area contributed by atoms with Crippen LogP contribution in [0.4, 0.5) is 0 Å². The molecule has 0 atom stereocenters. The van der Waals surface area contributed by atoms with Crippen LogP contribution in [-0.2, 0) is 17.8 Å². The zero-order valence-corrected chi connectivity index (χ0v) is 14.2. The van der Waals surface area contributed by atoms with Gasteiger partial charge in [-0.25, -0.2) is 4.98 Å². The van der Waals surface area contributed by atoms with E-state index in [1.165, 1.54) is 22.2 Å². The van der Waals surface area contributed by atoms with Crippen LogP contribution in [0, 0.1) is 0 Å². The Kier molecular flexibility index (Phi) is 4.06. The molecule has 1 aliphatic rings. The number of para-hydroxylation sites is 1. The first-order valence-electron chi connectivity index (χ1n) is 7.61. The maximum atomic E-state index is 12.4. The zero-order chi connectivity index (χ0) is 15.6. The van der Waals surface area contributed by atoms with Crippen molar-refractivity contribution in [3.63, 3.8) is 0 Å². The molecular formula is C18H16N2OS2. The van der Waals surface area contributed by atoms with Crippen LogP contribution >= 0.6 is 23.1 Å². The third-order valence-corrected chi connectivity index (χ3v) is 6.01. The minimum atomic E-state index is 0.196. The van der Waals surface area contributed by atoms with Crippen LogP contribution in [0.5, 0.6) is 0 Å². The van der Waals surface area contributed by atoms with E-state index in [2.05, 4.69) is 22.5 Å². The average molecular weight is 340 g/mol. The first-order valence-corrected chi connectivity index (χ1v) is 9.48. The summed E-state index contributed by atoms with van der Waals surface area (Å²) in [4.78, 5) is 20.5. The monoisotopic (exact) mass is 340 g/mol. The number of pyridine rings is 1. The number of hydrogen-bond acceptors (Lipinski definition) is 4. The van der Waals surface area contributed by atoms with E-state index in [-0.39, 0.29) is 5.91 Å². The first kappa shape index (κ1) is 14.7. The molecule has 1 aromatic carbocycles. The van der Waals surface area contributed by atoms with E-state index < -0.39 is 0 Å². The molecule has 4 rings (SSSR count). The molecule has 0 aliphatic carbocycles. The number of thiophene rings is 1. The van der Waals surface area contributed by atoms with Crippen molar-refractivity contribution < 1.29 is 4.79 Å². The molecule has 5 heteroatoms. The molecule has 23 heavy (non-hydrogen) atoms. The molecular weight excluding hydrogens is 324 g/mol. The van der Waals surface area contributed by atoms with Gasteiger partial charge in [0.2, 0.25) is 5.91 Å². The van der Waals surface area contributed by atoms with Gasteiger partial charge in [0.1, 0.15) is 0 Å². The summed E-state index contributed by atoms with van der Waals surface area (Å²) in [6.07, 6.45) is 0.984. The lowest BCUT2D eigenvalue weighted by atomic mass is 10.1. The quantitative estimate of drug-likeness (QED) is 0.676. The summed E-state index contributed by atoms with van der Waals surface area (Å²) in [6, 6.07) is 14.2. The number of amides is 1. The van der Waals surface area contributed by atoms with Crippen molar-refractivity contribution in [1.82, 2.24) is 9.88 Å². The van der Waals surface area contributed by atoms with Crippen molar-refractivity contribution in [1.29, 1.82) is 0 Å². The number of nitrogens with zero attached hydrogens (tertiary/aromatic N) is 2. The predicted molar refractivity (Wildman–Crippen MR) is 95.9 cm³/mol. The normalized spacial score (nSPS) is 14.0. The van der Waals surface area contributed by atoms with Crippen molar-refractivity contribution in [2.75, 3.05) is 12.3 Å². The van der Waals surface area contributed by atoms with Crippen molar-refractivity contribution in [3.05, 3.63) is 58.3 Å². The van der Waals surface area contributed by atoms with E-state index >= 15 is 0 Å². The van der Waals surface area contributed by atoms with Gasteiger partial charge in [-0.3, -0.25) is 4.79 Å². The highest BCUT2D eigenvalue weighted by Crippen LogP contribution is 2.25. The summed E-state index contributed by atoms with van der Waals surface area (Å²) in [5.41, 5.74) is 2.29. The third-order valence-electron chi connectivity index (χ3n) is 4.08. The second-order valence-corrected chi connectivity index (χ2v) is 7.56. The molecule has 3 heterocycles. The molecule has 0 spiro atoms. The number of benzene rings is 1. The molecule has 1 aliphatic heterocycles. The lowest BCUT2D eigenvalue weighted by Crippen LogP contribution is -2.36. The Morgan fingerprint density at radius 1 is 1.22 bits per heavy atom. The van der Waals surface area contributed by atoms with Gasteiger partial charge in [0.05, 0.1) is 16.3 Å². The third kappa shape index (κ3) is 3.12. The molecule has 1 amide bonds. The fourth-order valence-electron chi connectivity index (χ4n) is 2.82. The molecule has 116 valence electrons. The Morgan fingerprint density at radius 2 is 2.13 bits per heavy atom. The number of aromatic nitrogens is 1. The first-order chi connectivity index (χ1) is 11.3. The summed E-state index contributed by atoms with van der Waals surface area (Å²) >= 11 is 3.32. The van der Waals surface area contributed by atoms with E-state index in [1.807, 2.05) is 35.2 Å². The van der Waals surface area contributed by atoms with Crippen LogP contribution in [0.3, 0.4) is 0 Å². The summed E-state index contributed by atoms with van der Waals surface area (Å²) in [5.74, 6) is 0.645. The molecule has 0 bridgehead atoms. The minimum Gasteiger partial charge on any atom is -0.337 e. The highest BCUT2D eigenvalue weighted by Gasteiger charge is 2.21. The van der Waals surface area contributed by atoms with Crippen LogP contribution < -0.4 is 0 Å².